The fraction of sp³-hybridized carbons (Fsp3) is 0.250. The van der Waals surface area contributed by atoms with Crippen molar-refractivity contribution in [3.8, 4) is 10.4 Å². The first-order chi connectivity index (χ1) is 12.1. The lowest BCUT2D eigenvalue weighted by Crippen LogP contribution is -2.28. The fourth-order valence-corrected chi connectivity index (χ4v) is 4.20. The lowest BCUT2D eigenvalue weighted by Gasteiger charge is -2.24. The number of thiazole rings is 1. The van der Waals surface area contributed by atoms with Crippen molar-refractivity contribution in [2.24, 2.45) is 0 Å². The van der Waals surface area contributed by atoms with Gasteiger partial charge < -0.3 is 4.57 Å². The van der Waals surface area contributed by atoms with Crippen molar-refractivity contribution < 1.29 is 9.59 Å². The summed E-state index contributed by atoms with van der Waals surface area (Å²) in [6.07, 6.45) is 4.99. The predicted octanol–water partition coefficient (Wildman–Crippen LogP) is 4.25. The molecule has 126 valence electrons. The van der Waals surface area contributed by atoms with Gasteiger partial charge in [-0.1, -0.05) is 29.8 Å². The van der Waals surface area contributed by atoms with Crippen LogP contribution in [0.3, 0.4) is 0 Å². The van der Waals surface area contributed by atoms with Crippen LogP contribution in [0.1, 0.15) is 39.9 Å². The van der Waals surface area contributed by atoms with Crippen LogP contribution in [0.2, 0.25) is 0 Å². The van der Waals surface area contributed by atoms with Crippen molar-refractivity contribution in [2.75, 3.05) is 0 Å². The van der Waals surface area contributed by atoms with Crippen LogP contribution in [0, 0.1) is 6.92 Å². The molecule has 5 heteroatoms. The summed E-state index contributed by atoms with van der Waals surface area (Å²) >= 11 is 1.56. The summed E-state index contributed by atoms with van der Waals surface area (Å²) in [5.41, 5.74) is 2.99. The van der Waals surface area contributed by atoms with Crippen molar-refractivity contribution in [1.82, 2.24) is 9.55 Å². The van der Waals surface area contributed by atoms with E-state index in [1.807, 2.05) is 23.0 Å². The summed E-state index contributed by atoms with van der Waals surface area (Å²) in [4.78, 5) is 30.2. The minimum atomic E-state index is -0.255. The van der Waals surface area contributed by atoms with Crippen LogP contribution in [0.25, 0.3) is 10.4 Å². The number of carbonyl (C=O) groups excluding carboxylic acids is 2. The first kappa shape index (κ1) is 16.0. The molecule has 0 N–H and O–H groups in total. The summed E-state index contributed by atoms with van der Waals surface area (Å²) in [5.74, 6) is 0.236. The quantitative estimate of drug-likeness (QED) is 0.707. The second-order valence-corrected chi connectivity index (χ2v) is 7.52. The van der Waals surface area contributed by atoms with Crippen LogP contribution < -0.4 is 0 Å². The van der Waals surface area contributed by atoms with Crippen LogP contribution in [0.4, 0.5) is 0 Å². The molecule has 1 unspecified atom stereocenters. The number of hydrogen-bond acceptors (Lipinski definition) is 4. The zero-order valence-corrected chi connectivity index (χ0v) is 14.8. The monoisotopic (exact) mass is 350 g/mol. The van der Waals surface area contributed by atoms with Gasteiger partial charge in [-0.05, 0) is 31.0 Å². The molecule has 0 fully saturated rings. The lowest BCUT2D eigenvalue weighted by molar-refractivity contribution is -0.121. The van der Waals surface area contributed by atoms with Crippen LogP contribution in [-0.2, 0) is 11.2 Å². The molecule has 0 bridgehead atoms. The first-order valence-electron chi connectivity index (χ1n) is 8.36. The van der Waals surface area contributed by atoms with E-state index in [1.54, 1.807) is 17.4 Å². The summed E-state index contributed by atoms with van der Waals surface area (Å²) in [5, 5.41) is 0.825. The van der Waals surface area contributed by atoms with E-state index in [-0.39, 0.29) is 17.6 Å². The zero-order valence-electron chi connectivity index (χ0n) is 13.9. The second-order valence-electron chi connectivity index (χ2n) is 6.41. The molecule has 0 saturated heterocycles. The van der Waals surface area contributed by atoms with Gasteiger partial charge in [0.1, 0.15) is 5.01 Å². The number of aromatic nitrogens is 2. The van der Waals surface area contributed by atoms with E-state index < -0.39 is 0 Å². The number of carbonyl (C=O) groups is 2. The van der Waals surface area contributed by atoms with Gasteiger partial charge in [0.05, 0.1) is 23.0 Å². The minimum Gasteiger partial charge on any atom is -0.335 e. The Labute approximate surface area is 150 Å². The molecular formula is C20H18N2O2S. The molecule has 2 aromatic heterocycles. The molecule has 3 heterocycles. The van der Waals surface area contributed by atoms with Crippen molar-refractivity contribution in [3.63, 3.8) is 0 Å². The fourth-order valence-electron chi connectivity index (χ4n) is 3.26. The smallest absolute Gasteiger partial charge is 0.179 e. The van der Waals surface area contributed by atoms with E-state index in [2.05, 4.69) is 36.2 Å². The Morgan fingerprint density at radius 3 is 2.88 bits per heavy atom. The maximum Gasteiger partial charge on any atom is 0.179 e. The Hall–Kier alpha value is -2.53. The Morgan fingerprint density at radius 2 is 2.08 bits per heavy atom. The van der Waals surface area contributed by atoms with Gasteiger partial charge in [-0.3, -0.25) is 9.59 Å². The number of ketones is 2. The third kappa shape index (κ3) is 3.07. The Kier molecular flexibility index (Phi) is 4.09. The molecule has 1 aliphatic rings. The van der Waals surface area contributed by atoms with Crippen LogP contribution >= 0.6 is 11.3 Å². The van der Waals surface area contributed by atoms with E-state index in [9.17, 15) is 9.59 Å². The van der Waals surface area contributed by atoms with Gasteiger partial charge in [0.15, 0.2) is 11.6 Å². The number of fused-ring (bicyclic) bond motifs is 1. The molecule has 4 rings (SSSR count). The van der Waals surface area contributed by atoms with Gasteiger partial charge >= 0.3 is 0 Å². The number of rotatable bonds is 4. The number of hydrogen-bond donors (Lipinski definition) is 0. The van der Waals surface area contributed by atoms with E-state index in [4.69, 9.17) is 0 Å². The van der Waals surface area contributed by atoms with Crippen molar-refractivity contribution in [1.29, 1.82) is 0 Å². The molecular weight excluding hydrogens is 332 g/mol. The molecule has 25 heavy (non-hydrogen) atoms. The highest BCUT2D eigenvalue weighted by Crippen LogP contribution is 2.30. The zero-order chi connectivity index (χ0) is 17.4. The normalized spacial score (nSPS) is 16.7. The van der Waals surface area contributed by atoms with Crippen molar-refractivity contribution >= 4 is 22.9 Å². The lowest BCUT2D eigenvalue weighted by atomic mass is 9.97. The molecule has 1 aromatic carbocycles. The summed E-state index contributed by atoms with van der Waals surface area (Å²) in [7, 11) is 0. The minimum absolute atomic E-state index is 0.116. The Balaban J connectivity index is 1.52. The highest BCUT2D eigenvalue weighted by molar-refractivity contribution is 7.15. The number of nitrogens with zero attached hydrogens (tertiary/aromatic N) is 2. The molecule has 3 aromatic rings. The summed E-state index contributed by atoms with van der Waals surface area (Å²) in [6, 6.07) is 11.7. The molecule has 1 aliphatic heterocycles. The number of Topliss-reactive ketones (excluding diaryl/α,β-unsaturated/α-hetero) is 2. The molecule has 0 amide bonds. The maximum atomic E-state index is 12.8. The third-order valence-electron chi connectivity index (χ3n) is 4.63. The maximum absolute atomic E-state index is 12.8. The van der Waals surface area contributed by atoms with Gasteiger partial charge in [-0.15, -0.1) is 11.3 Å². The number of benzene rings is 1. The highest BCUT2D eigenvalue weighted by atomic mass is 32.1. The average Bonchev–Trinajstić information content (AvgIpc) is 3.26. The Morgan fingerprint density at radius 1 is 1.28 bits per heavy atom. The Bertz CT molecular complexity index is 937. The third-order valence-corrected chi connectivity index (χ3v) is 5.68. The predicted molar refractivity (Wildman–Crippen MR) is 98.0 cm³/mol. The van der Waals surface area contributed by atoms with Crippen LogP contribution in [0.15, 0.2) is 48.8 Å². The van der Waals surface area contributed by atoms with Gasteiger partial charge in [-0.2, -0.15) is 0 Å². The average molecular weight is 350 g/mol. The van der Waals surface area contributed by atoms with Gasteiger partial charge in [0.25, 0.3) is 0 Å². The molecule has 4 nitrogen and oxygen atoms in total. The van der Waals surface area contributed by atoms with Gasteiger partial charge in [0, 0.05) is 18.8 Å². The molecule has 0 saturated carbocycles. The molecule has 0 spiro atoms. The van der Waals surface area contributed by atoms with E-state index in [0.717, 1.165) is 15.4 Å². The SMILES string of the molecule is Cc1ccc(-c2cnc(CC(=O)C3CCC(=O)c4cccn43)s2)cc1. The van der Waals surface area contributed by atoms with Crippen molar-refractivity contribution in [3.05, 3.63) is 65.1 Å². The van der Waals surface area contributed by atoms with E-state index >= 15 is 0 Å². The van der Waals surface area contributed by atoms with E-state index in [1.165, 1.54) is 5.56 Å². The molecule has 1 atom stereocenters. The molecule has 0 radical (unpaired) electrons. The molecule has 0 aliphatic carbocycles. The van der Waals surface area contributed by atoms with Gasteiger partial charge in [0.2, 0.25) is 0 Å². The first-order valence-corrected chi connectivity index (χ1v) is 9.18. The van der Waals surface area contributed by atoms with E-state index in [0.29, 0.717) is 25.0 Å². The van der Waals surface area contributed by atoms with Crippen LogP contribution in [0.5, 0.6) is 0 Å². The van der Waals surface area contributed by atoms with Crippen LogP contribution in [-0.4, -0.2) is 21.1 Å². The summed E-state index contributed by atoms with van der Waals surface area (Å²) < 4.78 is 1.82. The second kappa shape index (κ2) is 6.41. The van der Waals surface area contributed by atoms with Gasteiger partial charge in [-0.25, -0.2) is 4.98 Å². The largest absolute Gasteiger partial charge is 0.335 e. The number of aryl methyl sites for hydroxylation is 1. The topological polar surface area (TPSA) is 52.0 Å². The summed E-state index contributed by atoms with van der Waals surface area (Å²) in [6.45, 7) is 2.06. The highest BCUT2D eigenvalue weighted by Gasteiger charge is 2.29. The van der Waals surface area contributed by atoms with Crippen molar-refractivity contribution in [2.45, 2.75) is 32.2 Å². The standard InChI is InChI=1S/C20H18N2O2S/c1-13-4-6-14(7-5-13)19-12-21-20(25-19)11-18(24)16-8-9-17(23)15-3-2-10-22(15)16/h2-7,10,12,16H,8-9,11H2,1H3.